The number of para-hydroxylation sites is 3. The van der Waals surface area contributed by atoms with E-state index in [1.807, 2.05) is 72.8 Å². The molecule has 6 rings (SSSR count). The predicted molar refractivity (Wildman–Crippen MR) is 126 cm³/mol. The first-order valence-electron chi connectivity index (χ1n) is 11.3. The van der Waals surface area contributed by atoms with Gasteiger partial charge in [-0.3, -0.25) is 14.2 Å². The SMILES string of the molecule is O=C(CCc1nc2ccccc2c(=O)n1C1CC1)NC1c2ccccc2Oc2ccccc21. The van der Waals surface area contributed by atoms with Crippen LogP contribution in [0.2, 0.25) is 0 Å². The van der Waals surface area contributed by atoms with Crippen LogP contribution in [0.3, 0.4) is 0 Å². The smallest absolute Gasteiger partial charge is 0.261 e. The van der Waals surface area contributed by atoms with Crippen molar-refractivity contribution in [2.75, 3.05) is 0 Å². The number of hydrogen-bond acceptors (Lipinski definition) is 4. The van der Waals surface area contributed by atoms with Crippen LogP contribution in [0, 0.1) is 0 Å². The van der Waals surface area contributed by atoms with Gasteiger partial charge in [-0.25, -0.2) is 4.98 Å². The van der Waals surface area contributed by atoms with Crippen LogP contribution in [0.4, 0.5) is 0 Å². The van der Waals surface area contributed by atoms with Gasteiger partial charge in [0.25, 0.3) is 5.56 Å². The standard InChI is InChI=1S/C27H23N3O3/c31-25(29-26-19-8-2-5-11-22(19)33-23-12-6-3-9-20(23)26)16-15-24-28-21-10-4-1-7-18(21)27(32)30(24)17-13-14-17/h1-12,17,26H,13-16H2,(H,29,31). The van der Waals surface area contributed by atoms with Crippen LogP contribution in [0.15, 0.2) is 77.6 Å². The second-order valence-electron chi connectivity index (χ2n) is 8.63. The monoisotopic (exact) mass is 437 g/mol. The summed E-state index contributed by atoms with van der Waals surface area (Å²) in [5.41, 5.74) is 2.54. The van der Waals surface area contributed by atoms with E-state index in [9.17, 15) is 9.59 Å². The van der Waals surface area contributed by atoms with E-state index in [-0.39, 0.29) is 30.0 Å². The maximum Gasteiger partial charge on any atom is 0.261 e. The third-order valence-electron chi connectivity index (χ3n) is 6.35. The van der Waals surface area contributed by atoms with E-state index in [1.165, 1.54) is 0 Å². The molecule has 0 bridgehead atoms. The molecule has 1 amide bonds. The minimum atomic E-state index is -0.283. The summed E-state index contributed by atoms with van der Waals surface area (Å²) in [6, 6.07) is 22.9. The van der Waals surface area contributed by atoms with Crippen molar-refractivity contribution in [3.63, 3.8) is 0 Å². The Hall–Kier alpha value is -3.93. The lowest BCUT2D eigenvalue weighted by molar-refractivity contribution is -0.121. The largest absolute Gasteiger partial charge is 0.457 e. The highest BCUT2D eigenvalue weighted by molar-refractivity contribution is 5.79. The minimum Gasteiger partial charge on any atom is -0.457 e. The molecule has 0 atom stereocenters. The van der Waals surface area contributed by atoms with Gasteiger partial charge in [0.2, 0.25) is 5.91 Å². The Labute approximate surface area is 190 Å². The van der Waals surface area contributed by atoms with Crippen LogP contribution in [-0.2, 0) is 11.2 Å². The average Bonchev–Trinajstić information content (AvgIpc) is 3.68. The van der Waals surface area contributed by atoms with Crippen molar-refractivity contribution >= 4 is 16.8 Å². The lowest BCUT2D eigenvalue weighted by Gasteiger charge is -2.28. The van der Waals surface area contributed by atoms with Crippen LogP contribution in [0.5, 0.6) is 11.5 Å². The number of rotatable bonds is 5. The Balaban J connectivity index is 1.27. The van der Waals surface area contributed by atoms with Gasteiger partial charge in [0.15, 0.2) is 0 Å². The summed E-state index contributed by atoms with van der Waals surface area (Å²) in [5.74, 6) is 2.10. The van der Waals surface area contributed by atoms with Gasteiger partial charge >= 0.3 is 0 Å². The van der Waals surface area contributed by atoms with E-state index < -0.39 is 0 Å². The number of nitrogens with zero attached hydrogens (tertiary/aromatic N) is 2. The molecule has 3 aromatic carbocycles. The first-order chi connectivity index (χ1) is 16.2. The molecule has 1 aliphatic heterocycles. The number of aromatic nitrogens is 2. The van der Waals surface area contributed by atoms with Gasteiger partial charge in [-0.05, 0) is 37.1 Å². The number of carbonyl (C=O) groups excluding carboxylic acids is 1. The number of carbonyl (C=O) groups is 1. The second kappa shape index (κ2) is 7.89. The molecule has 33 heavy (non-hydrogen) atoms. The van der Waals surface area contributed by atoms with Crippen LogP contribution in [0.25, 0.3) is 10.9 Å². The fourth-order valence-electron chi connectivity index (χ4n) is 4.60. The summed E-state index contributed by atoms with van der Waals surface area (Å²) in [5, 5.41) is 3.82. The van der Waals surface area contributed by atoms with Gasteiger partial charge in [-0.15, -0.1) is 0 Å². The molecule has 4 aromatic rings. The first kappa shape index (κ1) is 19.7. The second-order valence-corrected chi connectivity index (χ2v) is 8.63. The third kappa shape index (κ3) is 3.57. The fourth-order valence-corrected chi connectivity index (χ4v) is 4.60. The quantitative estimate of drug-likeness (QED) is 0.492. The highest BCUT2D eigenvalue weighted by Gasteiger charge is 2.30. The molecule has 1 N–H and O–H groups in total. The molecule has 2 heterocycles. The van der Waals surface area contributed by atoms with Crippen molar-refractivity contribution in [3.05, 3.63) is 100 Å². The Morgan fingerprint density at radius 2 is 1.58 bits per heavy atom. The highest BCUT2D eigenvalue weighted by atomic mass is 16.5. The number of aryl methyl sites for hydroxylation is 1. The van der Waals surface area contributed by atoms with E-state index in [2.05, 4.69) is 5.32 Å². The Kier molecular flexibility index (Phi) is 4.72. The molecule has 1 aliphatic carbocycles. The van der Waals surface area contributed by atoms with Gasteiger partial charge in [-0.2, -0.15) is 0 Å². The normalized spacial score (nSPS) is 14.9. The molecule has 0 saturated heterocycles. The Morgan fingerprint density at radius 1 is 0.939 bits per heavy atom. The molecular formula is C27H23N3O3. The van der Waals surface area contributed by atoms with Crippen LogP contribution < -0.4 is 15.6 Å². The molecule has 6 nitrogen and oxygen atoms in total. The molecule has 1 saturated carbocycles. The molecule has 0 spiro atoms. The van der Waals surface area contributed by atoms with Crippen molar-refractivity contribution in [1.29, 1.82) is 0 Å². The van der Waals surface area contributed by atoms with Gasteiger partial charge in [0, 0.05) is 30.0 Å². The first-order valence-corrected chi connectivity index (χ1v) is 11.3. The third-order valence-corrected chi connectivity index (χ3v) is 6.35. The van der Waals surface area contributed by atoms with Crippen molar-refractivity contribution < 1.29 is 9.53 Å². The molecule has 0 unspecified atom stereocenters. The molecule has 0 radical (unpaired) electrons. The lowest BCUT2D eigenvalue weighted by Crippen LogP contribution is -2.32. The zero-order valence-corrected chi connectivity index (χ0v) is 18.0. The topological polar surface area (TPSA) is 73.2 Å². The number of amides is 1. The number of hydrogen-bond donors (Lipinski definition) is 1. The predicted octanol–water partition coefficient (Wildman–Crippen LogP) is 4.68. The van der Waals surface area contributed by atoms with Crippen LogP contribution >= 0.6 is 0 Å². The summed E-state index contributed by atoms with van der Waals surface area (Å²) >= 11 is 0. The van der Waals surface area contributed by atoms with Gasteiger partial charge < -0.3 is 10.1 Å². The molecule has 1 fully saturated rings. The number of nitrogens with one attached hydrogen (secondary N) is 1. The summed E-state index contributed by atoms with van der Waals surface area (Å²) in [4.78, 5) is 30.9. The van der Waals surface area contributed by atoms with Crippen LogP contribution in [0.1, 0.15) is 48.3 Å². The highest BCUT2D eigenvalue weighted by Crippen LogP contribution is 2.42. The number of ether oxygens (including phenoxy) is 1. The van der Waals surface area contributed by atoms with E-state index >= 15 is 0 Å². The molecule has 1 aromatic heterocycles. The maximum atomic E-state index is 13.1. The zero-order valence-electron chi connectivity index (χ0n) is 18.0. The van der Waals surface area contributed by atoms with E-state index in [4.69, 9.17) is 9.72 Å². The summed E-state index contributed by atoms with van der Waals surface area (Å²) in [6.07, 6.45) is 2.62. The molecule has 2 aliphatic rings. The average molecular weight is 437 g/mol. The number of fused-ring (bicyclic) bond motifs is 3. The van der Waals surface area contributed by atoms with Crippen molar-refractivity contribution in [1.82, 2.24) is 14.9 Å². The zero-order chi connectivity index (χ0) is 22.4. The molecule has 164 valence electrons. The van der Waals surface area contributed by atoms with Crippen molar-refractivity contribution in [3.8, 4) is 11.5 Å². The molecular weight excluding hydrogens is 414 g/mol. The van der Waals surface area contributed by atoms with E-state index in [1.54, 1.807) is 4.57 Å². The van der Waals surface area contributed by atoms with Crippen molar-refractivity contribution in [2.24, 2.45) is 0 Å². The fraction of sp³-hybridized carbons (Fsp3) is 0.222. The van der Waals surface area contributed by atoms with Gasteiger partial charge in [0.1, 0.15) is 17.3 Å². The van der Waals surface area contributed by atoms with E-state index in [0.29, 0.717) is 23.1 Å². The Morgan fingerprint density at radius 3 is 2.27 bits per heavy atom. The minimum absolute atomic E-state index is 0.00853. The van der Waals surface area contributed by atoms with Gasteiger partial charge in [0.05, 0.1) is 16.9 Å². The summed E-state index contributed by atoms with van der Waals surface area (Å²) in [6.45, 7) is 0. The van der Waals surface area contributed by atoms with Gasteiger partial charge in [-0.1, -0.05) is 48.5 Å². The van der Waals surface area contributed by atoms with Crippen molar-refractivity contribution in [2.45, 2.75) is 37.8 Å². The lowest BCUT2D eigenvalue weighted by atomic mass is 9.94. The van der Waals surface area contributed by atoms with E-state index in [0.717, 1.165) is 35.5 Å². The summed E-state index contributed by atoms with van der Waals surface area (Å²) in [7, 11) is 0. The molecule has 6 heteroatoms. The van der Waals surface area contributed by atoms with Crippen LogP contribution in [-0.4, -0.2) is 15.5 Å². The Bertz CT molecular complexity index is 1390. The maximum absolute atomic E-state index is 13.1. The number of benzene rings is 3. The summed E-state index contributed by atoms with van der Waals surface area (Å²) < 4.78 is 7.82.